The summed E-state index contributed by atoms with van der Waals surface area (Å²) in [6.07, 6.45) is 0. The Morgan fingerprint density at radius 3 is 2.76 bits per heavy atom. The second-order valence-corrected chi connectivity index (χ2v) is 4.19. The lowest BCUT2D eigenvalue weighted by atomic mass is 10.1. The fourth-order valence-corrected chi connectivity index (χ4v) is 1.63. The Balaban J connectivity index is 1.88. The largest absolute Gasteiger partial charge is 0.459 e. The molecule has 0 aromatic heterocycles. The third-order valence-corrected chi connectivity index (χ3v) is 2.67. The third-order valence-electron chi connectivity index (χ3n) is 2.67. The maximum Gasteiger partial charge on any atom is 0.340 e. The summed E-state index contributed by atoms with van der Waals surface area (Å²) in [4.78, 5) is 11.9. The van der Waals surface area contributed by atoms with E-state index in [1.54, 1.807) is 6.92 Å². The number of hydrogen-bond donors (Lipinski definition) is 0. The zero-order valence-corrected chi connectivity index (χ0v) is 9.85. The van der Waals surface area contributed by atoms with Gasteiger partial charge < -0.3 is 14.2 Å². The Labute approximate surface area is 100 Å². The second-order valence-electron chi connectivity index (χ2n) is 4.19. The number of ether oxygens (including phenoxy) is 3. The van der Waals surface area contributed by atoms with E-state index in [1.165, 1.54) is 0 Å². The zero-order chi connectivity index (χ0) is 12.1. The minimum Gasteiger partial charge on any atom is -0.459 e. The van der Waals surface area contributed by atoms with Gasteiger partial charge in [0.1, 0.15) is 6.61 Å². The molecule has 4 heteroatoms. The van der Waals surface area contributed by atoms with E-state index in [0.717, 1.165) is 5.56 Å². The molecule has 0 saturated carbocycles. The van der Waals surface area contributed by atoms with Crippen molar-refractivity contribution >= 4 is 5.97 Å². The van der Waals surface area contributed by atoms with Crippen LogP contribution in [0.1, 0.15) is 12.5 Å². The van der Waals surface area contributed by atoms with Crippen molar-refractivity contribution < 1.29 is 19.0 Å². The zero-order valence-electron chi connectivity index (χ0n) is 9.85. The third kappa shape index (κ3) is 3.05. The molecule has 1 aliphatic rings. The van der Waals surface area contributed by atoms with Gasteiger partial charge in [-0.05, 0) is 12.5 Å². The summed E-state index contributed by atoms with van der Waals surface area (Å²) in [5.41, 5.74) is -0.00582. The van der Waals surface area contributed by atoms with Gasteiger partial charge in [0.25, 0.3) is 0 Å². The summed E-state index contributed by atoms with van der Waals surface area (Å²) in [5, 5.41) is 0. The number of carbonyl (C=O) groups is 1. The molecule has 17 heavy (non-hydrogen) atoms. The van der Waals surface area contributed by atoms with Crippen molar-refractivity contribution in [3.63, 3.8) is 0 Å². The fourth-order valence-electron chi connectivity index (χ4n) is 1.63. The number of rotatable bonds is 3. The van der Waals surface area contributed by atoms with Crippen LogP contribution in [-0.4, -0.2) is 31.4 Å². The molecule has 0 aliphatic carbocycles. The Morgan fingerprint density at radius 2 is 2.12 bits per heavy atom. The normalized spacial score (nSPS) is 24.3. The van der Waals surface area contributed by atoms with Gasteiger partial charge in [0.05, 0.1) is 19.8 Å². The SMILES string of the molecule is CC1(C(=O)OCc2ccccc2)COCCO1. The van der Waals surface area contributed by atoms with Gasteiger partial charge in [-0.15, -0.1) is 0 Å². The van der Waals surface area contributed by atoms with Crippen LogP contribution in [0.15, 0.2) is 30.3 Å². The summed E-state index contributed by atoms with van der Waals surface area (Å²) >= 11 is 0. The quantitative estimate of drug-likeness (QED) is 0.747. The Kier molecular flexibility index (Phi) is 3.76. The van der Waals surface area contributed by atoms with Crippen molar-refractivity contribution in [3.05, 3.63) is 35.9 Å². The van der Waals surface area contributed by atoms with E-state index in [0.29, 0.717) is 13.2 Å². The molecule has 2 rings (SSSR count). The Hall–Kier alpha value is -1.39. The Morgan fingerprint density at radius 1 is 1.35 bits per heavy atom. The monoisotopic (exact) mass is 236 g/mol. The molecule has 1 unspecified atom stereocenters. The molecule has 1 fully saturated rings. The van der Waals surface area contributed by atoms with E-state index in [2.05, 4.69) is 0 Å². The molecule has 0 spiro atoms. The van der Waals surface area contributed by atoms with Crippen LogP contribution in [0.5, 0.6) is 0 Å². The number of hydrogen-bond acceptors (Lipinski definition) is 4. The molecule has 92 valence electrons. The van der Waals surface area contributed by atoms with E-state index in [9.17, 15) is 4.79 Å². The molecule has 4 nitrogen and oxygen atoms in total. The minimum absolute atomic E-state index is 0.251. The molecule has 1 atom stereocenters. The topological polar surface area (TPSA) is 44.8 Å². The first kappa shape index (κ1) is 12.1. The van der Waals surface area contributed by atoms with E-state index in [-0.39, 0.29) is 19.2 Å². The standard InChI is InChI=1S/C13H16O4/c1-13(10-15-7-8-17-13)12(14)16-9-11-5-3-2-4-6-11/h2-6H,7-10H2,1H3. The average molecular weight is 236 g/mol. The van der Waals surface area contributed by atoms with Crippen molar-refractivity contribution in [3.8, 4) is 0 Å². The predicted octanol–water partition coefficient (Wildman–Crippen LogP) is 1.54. The number of benzene rings is 1. The van der Waals surface area contributed by atoms with E-state index in [4.69, 9.17) is 14.2 Å². The lowest BCUT2D eigenvalue weighted by molar-refractivity contribution is -0.195. The van der Waals surface area contributed by atoms with Gasteiger partial charge in [-0.2, -0.15) is 0 Å². The van der Waals surface area contributed by atoms with Crippen molar-refractivity contribution in [1.29, 1.82) is 0 Å². The van der Waals surface area contributed by atoms with Gasteiger partial charge in [0, 0.05) is 0 Å². The van der Waals surface area contributed by atoms with Crippen LogP contribution in [0.2, 0.25) is 0 Å². The Bertz CT molecular complexity index is 368. The van der Waals surface area contributed by atoms with Gasteiger partial charge in [0.15, 0.2) is 5.60 Å². The molecule has 0 N–H and O–H groups in total. The lowest BCUT2D eigenvalue weighted by Gasteiger charge is -2.31. The predicted molar refractivity (Wildman–Crippen MR) is 61.4 cm³/mol. The maximum absolute atomic E-state index is 11.9. The van der Waals surface area contributed by atoms with Crippen LogP contribution in [0.3, 0.4) is 0 Å². The van der Waals surface area contributed by atoms with Crippen LogP contribution in [0.25, 0.3) is 0 Å². The smallest absolute Gasteiger partial charge is 0.340 e. The summed E-state index contributed by atoms with van der Waals surface area (Å²) in [6, 6.07) is 9.56. The summed E-state index contributed by atoms with van der Waals surface area (Å²) < 4.78 is 15.9. The van der Waals surface area contributed by atoms with Gasteiger partial charge >= 0.3 is 5.97 Å². The first-order chi connectivity index (χ1) is 8.21. The molecule has 1 saturated heterocycles. The first-order valence-electron chi connectivity index (χ1n) is 5.63. The molecular weight excluding hydrogens is 220 g/mol. The van der Waals surface area contributed by atoms with Crippen molar-refractivity contribution in [2.45, 2.75) is 19.1 Å². The number of esters is 1. The maximum atomic E-state index is 11.9. The van der Waals surface area contributed by atoms with Crippen LogP contribution >= 0.6 is 0 Å². The van der Waals surface area contributed by atoms with E-state index >= 15 is 0 Å². The molecule has 0 radical (unpaired) electrons. The van der Waals surface area contributed by atoms with Crippen LogP contribution in [0, 0.1) is 0 Å². The average Bonchev–Trinajstić information content (AvgIpc) is 2.38. The molecule has 0 bridgehead atoms. The molecule has 1 aromatic rings. The van der Waals surface area contributed by atoms with Crippen LogP contribution in [-0.2, 0) is 25.6 Å². The van der Waals surface area contributed by atoms with E-state index in [1.807, 2.05) is 30.3 Å². The second kappa shape index (κ2) is 5.29. The molecule has 1 aliphatic heterocycles. The first-order valence-corrected chi connectivity index (χ1v) is 5.63. The minimum atomic E-state index is -0.965. The highest BCUT2D eigenvalue weighted by atomic mass is 16.6. The highest BCUT2D eigenvalue weighted by Crippen LogP contribution is 2.18. The van der Waals surface area contributed by atoms with Gasteiger partial charge in [-0.1, -0.05) is 30.3 Å². The summed E-state index contributed by atoms with van der Waals surface area (Å²) in [7, 11) is 0. The number of carbonyl (C=O) groups excluding carboxylic acids is 1. The van der Waals surface area contributed by atoms with Gasteiger partial charge in [-0.3, -0.25) is 0 Å². The van der Waals surface area contributed by atoms with Gasteiger partial charge in [-0.25, -0.2) is 4.79 Å². The lowest BCUT2D eigenvalue weighted by Crippen LogP contribution is -2.48. The summed E-state index contributed by atoms with van der Waals surface area (Å²) in [6.45, 7) is 3.16. The molecule has 0 amide bonds. The van der Waals surface area contributed by atoms with Crippen molar-refractivity contribution in [2.24, 2.45) is 0 Å². The van der Waals surface area contributed by atoms with Gasteiger partial charge in [0.2, 0.25) is 0 Å². The highest BCUT2D eigenvalue weighted by molar-refractivity contribution is 5.79. The molecule has 1 heterocycles. The van der Waals surface area contributed by atoms with Crippen molar-refractivity contribution in [1.82, 2.24) is 0 Å². The van der Waals surface area contributed by atoms with Crippen LogP contribution < -0.4 is 0 Å². The van der Waals surface area contributed by atoms with Crippen molar-refractivity contribution in [2.75, 3.05) is 19.8 Å². The fraction of sp³-hybridized carbons (Fsp3) is 0.462. The molecular formula is C13H16O4. The highest BCUT2D eigenvalue weighted by Gasteiger charge is 2.38. The molecule has 1 aromatic carbocycles. The van der Waals surface area contributed by atoms with E-state index < -0.39 is 5.60 Å². The summed E-state index contributed by atoms with van der Waals surface area (Å²) in [5.74, 6) is -0.374. The van der Waals surface area contributed by atoms with Crippen LogP contribution in [0.4, 0.5) is 0 Å².